The minimum Gasteiger partial charge on any atom is -0.463 e. The van der Waals surface area contributed by atoms with Gasteiger partial charge in [-0.15, -0.1) is 0 Å². The van der Waals surface area contributed by atoms with Crippen LogP contribution in [0.4, 0.5) is 5.82 Å². The Balaban J connectivity index is 1.44. The number of hydrogen-bond donors (Lipinski definition) is 2. The lowest BCUT2D eigenvalue weighted by Crippen LogP contribution is -2.28. The highest BCUT2D eigenvalue weighted by molar-refractivity contribution is 6.06. The van der Waals surface area contributed by atoms with Crippen LogP contribution in [0.15, 0.2) is 43.0 Å². The predicted octanol–water partition coefficient (Wildman–Crippen LogP) is 1.64. The van der Waals surface area contributed by atoms with Crippen molar-refractivity contribution >= 4 is 34.6 Å². The number of nitrogens with zero attached hydrogens (tertiary/aromatic N) is 4. The van der Waals surface area contributed by atoms with E-state index < -0.39 is 24.4 Å². The van der Waals surface area contributed by atoms with E-state index in [1.54, 1.807) is 28.8 Å². The standard InChI is InChI=1S/C22H23N5O6/c1-13(28)7-8-18(30)32-10-16-15(29)9-17(33-16)27-12-25-19-20(23-11-24-21(19)27)26-22(31)14-5-3-2-4-6-14/h2-6,11-12,15-17,29H,7-10H2,1H3,(H,23,24,26,31)/t15-,16+,17+/m0/s1. The van der Waals surface area contributed by atoms with Crippen molar-refractivity contribution in [1.29, 1.82) is 0 Å². The van der Waals surface area contributed by atoms with Crippen LogP contribution in [0, 0.1) is 0 Å². The normalized spacial score (nSPS) is 20.0. The Hall–Kier alpha value is -3.70. The summed E-state index contributed by atoms with van der Waals surface area (Å²) in [6.07, 6.45) is 0.938. The number of ether oxygens (including phenoxy) is 2. The van der Waals surface area contributed by atoms with Crippen LogP contribution >= 0.6 is 0 Å². The summed E-state index contributed by atoms with van der Waals surface area (Å²) in [6.45, 7) is 1.27. The van der Waals surface area contributed by atoms with E-state index in [-0.39, 0.29) is 43.4 Å². The van der Waals surface area contributed by atoms with Crippen LogP contribution < -0.4 is 5.32 Å². The Labute approximate surface area is 188 Å². The molecule has 3 heterocycles. The van der Waals surface area contributed by atoms with E-state index in [0.29, 0.717) is 16.7 Å². The highest BCUT2D eigenvalue weighted by atomic mass is 16.6. The summed E-state index contributed by atoms with van der Waals surface area (Å²) < 4.78 is 12.6. The number of ketones is 1. The molecule has 1 aromatic carbocycles. The van der Waals surface area contributed by atoms with Gasteiger partial charge >= 0.3 is 5.97 Å². The van der Waals surface area contributed by atoms with Crippen molar-refractivity contribution < 1.29 is 29.0 Å². The molecular formula is C22H23N5O6. The van der Waals surface area contributed by atoms with Crippen LogP contribution in [0.5, 0.6) is 0 Å². The zero-order valence-electron chi connectivity index (χ0n) is 17.9. The molecule has 2 aromatic heterocycles. The topological polar surface area (TPSA) is 146 Å². The maximum atomic E-state index is 12.5. The molecular weight excluding hydrogens is 430 g/mol. The first-order chi connectivity index (χ1) is 15.9. The lowest BCUT2D eigenvalue weighted by atomic mass is 10.2. The summed E-state index contributed by atoms with van der Waals surface area (Å²) in [6, 6.07) is 8.72. The Morgan fingerprint density at radius 2 is 1.97 bits per heavy atom. The summed E-state index contributed by atoms with van der Waals surface area (Å²) >= 11 is 0. The first kappa shape index (κ1) is 22.5. The van der Waals surface area contributed by atoms with Gasteiger partial charge < -0.3 is 24.7 Å². The highest BCUT2D eigenvalue weighted by Gasteiger charge is 2.36. The van der Waals surface area contributed by atoms with Gasteiger partial charge in [0.15, 0.2) is 17.0 Å². The van der Waals surface area contributed by atoms with E-state index in [9.17, 15) is 19.5 Å². The SMILES string of the molecule is CC(=O)CCC(=O)OC[C@H]1O[C@@H](n2cnc3c(NC(=O)c4ccccc4)ncnc32)C[C@@H]1O. The van der Waals surface area contributed by atoms with E-state index in [4.69, 9.17) is 9.47 Å². The van der Waals surface area contributed by atoms with Crippen molar-refractivity contribution in [2.75, 3.05) is 11.9 Å². The second-order valence-corrected chi connectivity index (χ2v) is 7.68. The molecule has 1 saturated heterocycles. The van der Waals surface area contributed by atoms with Gasteiger partial charge in [0.2, 0.25) is 0 Å². The molecule has 11 nitrogen and oxygen atoms in total. The van der Waals surface area contributed by atoms with Crippen molar-refractivity contribution in [2.45, 2.75) is 44.6 Å². The number of amides is 1. The number of aromatic nitrogens is 4. The Kier molecular flexibility index (Phi) is 6.71. The lowest BCUT2D eigenvalue weighted by Gasteiger charge is -2.16. The quantitative estimate of drug-likeness (QED) is 0.486. The molecule has 0 spiro atoms. The summed E-state index contributed by atoms with van der Waals surface area (Å²) in [5, 5.41) is 13.1. The minimum atomic E-state index is -0.868. The highest BCUT2D eigenvalue weighted by Crippen LogP contribution is 2.32. The number of benzene rings is 1. The maximum absolute atomic E-state index is 12.5. The van der Waals surface area contributed by atoms with Crippen LogP contribution in [0.2, 0.25) is 0 Å². The first-order valence-corrected chi connectivity index (χ1v) is 10.4. The van der Waals surface area contributed by atoms with E-state index in [1.807, 2.05) is 6.07 Å². The maximum Gasteiger partial charge on any atom is 0.306 e. The molecule has 3 atom stereocenters. The molecule has 0 aliphatic carbocycles. The largest absolute Gasteiger partial charge is 0.463 e. The molecule has 172 valence electrons. The molecule has 0 radical (unpaired) electrons. The monoisotopic (exact) mass is 453 g/mol. The fraction of sp³-hybridized carbons (Fsp3) is 0.364. The van der Waals surface area contributed by atoms with E-state index >= 15 is 0 Å². The molecule has 1 amide bonds. The third kappa shape index (κ3) is 5.21. The number of anilines is 1. The van der Waals surface area contributed by atoms with Crippen molar-refractivity contribution in [3.05, 3.63) is 48.5 Å². The average Bonchev–Trinajstić information content (AvgIpc) is 3.40. The molecule has 0 unspecified atom stereocenters. The fourth-order valence-corrected chi connectivity index (χ4v) is 3.48. The Bertz CT molecular complexity index is 1160. The molecule has 1 aliphatic heterocycles. The van der Waals surface area contributed by atoms with Gasteiger partial charge in [-0.2, -0.15) is 0 Å². The molecule has 1 aliphatic rings. The molecule has 11 heteroatoms. The van der Waals surface area contributed by atoms with Crippen LogP contribution in [-0.4, -0.2) is 61.1 Å². The lowest BCUT2D eigenvalue weighted by molar-refractivity contribution is -0.150. The number of aliphatic hydroxyl groups excluding tert-OH is 1. The van der Waals surface area contributed by atoms with Crippen molar-refractivity contribution in [1.82, 2.24) is 19.5 Å². The van der Waals surface area contributed by atoms with Gasteiger partial charge in [0.05, 0.1) is 18.9 Å². The number of aliphatic hydroxyl groups is 1. The van der Waals surface area contributed by atoms with Crippen molar-refractivity contribution in [3.8, 4) is 0 Å². The summed E-state index contributed by atoms with van der Waals surface area (Å²) in [4.78, 5) is 47.9. The van der Waals surface area contributed by atoms with E-state index in [2.05, 4.69) is 20.3 Å². The zero-order valence-corrected chi connectivity index (χ0v) is 17.9. The van der Waals surface area contributed by atoms with Crippen molar-refractivity contribution in [3.63, 3.8) is 0 Å². The number of carbonyl (C=O) groups excluding carboxylic acids is 3. The van der Waals surface area contributed by atoms with Gasteiger partial charge in [0.25, 0.3) is 5.91 Å². The van der Waals surface area contributed by atoms with Crippen LogP contribution in [-0.2, 0) is 19.1 Å². The van der Waals surface area contributed by atoms with Crippen LogP contribution in [0.1, 0.15) is 42.8 Å². The average molecular weight is 453 g/mol. The third-order valence-corrected chi connectivity index (χ3v) is 5.23. The number of rotatable bonds is 8. The number of hydrogen-bond acceptors (Lipinski definition) is 9. The van der Waals surface area contributed by atoms with E-state index in [0.717, 1.165) is 0 Å². The van der Waals surface area contributed by atoms with Gasteiger partial charge in [-0.05, 0) is 19.1 Å². The van der Waals surface area contributed by atoms with E-state index in [1.165, 1.54) is 19.6 Å². The van der Waals surface area contributed by atoms with Crippen molar-refractivity contribution in [2.24, 2.45) is 0 Å². The third-order valence-electron chi connectivity index (χ3n) is 5.23. The molecule has 1 fully saturated rings. The molecule has 0 bridgehead atoms. The Morgan fingerprint density at radius 3 is 2.73 bits per heavy atom. The van der Waals surface area contributed by atoms with Gasteiger partial charge in [0.1, 0.15) is 31.0 Å². The second-order valence-electron chi connectivity index (χ2n) is 7.68. The number of carbonyl (C=O) groups is 3. The van der Waals surface area contributed by atoms with Crippen LogP contribution in [0.3, 0.4) is 0 Å². The van der Waals surface area contributed by atoms with Crippen LogP contribution in [0.25, 0.3) is 11.2 Å². The number of fused-ring (bicyclic) bond motifs is 1. The van der Waals surface area contributed by atoms with Gasteiger partial charge in [0, 0.05) is 18.4 Å². The number of nitrogens with one attached hydrogen (secondary N) is 1. The summed E-state index contributed by atoms with van der Waals surface area (Å²) in [5.74, 6) is -0.701. The number of esters is 1. The second kappa shape index (κ2) is 9.84. The van der Waals surface area contributed by atoms with Gasteiger partial charge in [-0.25, -0.2) is 15.0 Å². The smallest absolute Gasteiger partial charge is 0.306 e. The van der Waals surface area contributed by atoms with Gasteiger partial charge in [-0.3, -0.25) is 14.2 Å². The Morgan fingerprint density at radius 1 is 1.18 bits per heavy atom. The molecule has 33 heavy (non-hydrogen) atoms. The molecule has 0 saturated carbocycles. The summed E-state index contributed by atoms with van der Waals surface area (Å²) in [5.41, 5.74) is 1.27. The fourth-order valence-electron chi connectivity index (χ4n) is 3.48. The predicted molar refractivity (Wildman–Crippen MR) is 115 cm³/mol. The first-order valence-electron chi connectivity index (χ1n) is 10.4. The molecule has 4 rings (SSSR count). The minimum absolute atomic E-state index is 0.0118. The zero-order chi connectivity index (χ0) is 23.4. The van der Waals surface area contributed by atoms with Gasteiger partial charge in [-0.1, -0.05) is 18.2 Å². The molecule has 3 aromatic rings. The number of Topliss-reactive ketones (excluding diaryl/α,β-unsaturated/α-hetero) is 1. The number of imidazole rings is 1. The summed E-state index contributed by atoms with van der Waals surface area (Å²) in [7, 11) is 0. The molecule has 2 N–H and O–H groups in total.